The molecule has 29 heteroatoms. The third-order valence-electron chi connectivity index (χ3n) is 18.7. The first kappa shape index (κ1) is 71.0. The second-order valence-corrected chi connectivity index (χ2v) is 28.3. The number of thiocarbonyl (C=S) groups is 1. The highest BCUT2D eigenvalue weighted by Crippen LogP contribution is 2.75. The van der Waals surface area contributed by atoms with Crippen LogP contribution in [0.25, 0.3) is 21.8 Å². The fourth-order valence-corrected chi connectivity index (χ4v) is 15.0. The van der Waals surface area contributed by atoms with Gasteiger partial charge in [0.2, 0.25) is 23.6 Å². The van der Waals surface area contributed by atoms with E-state index in [9.17, 15) is 52.7 Å². The second kappa shape index (κ2) is 29.4. The number of anilines is 3. The lowest BCUT2D eigenvalue weighted by Crippen LogP contribution is -2.73. The number of benzene rings is 3. The van der Waals surface area contributed by atoms with E-state index in [0.29, 0.717) is 103 Å². The van der Waals surface area contributed by atoms with Crippen molar-refractivity contribution in [2.24, 2.45) is 40.1 Å². The van der Waals surface area contributed by atoms with Crippen molar-refractivity contribution in [3.63, 3.8) is 0 Å². The normalized spacial score (nSPS) is 19.5. The number of nitrogens with zero attached hydrogens (tertiary/aromatic N) is 4. The number of hydrogen-bond acceptors (Lipinski definition) is 14. The highest BCUT2D eigenvalue weighted by Gasteiger charge is 2.76. The van der Waals surface area contributed by atoms with Gasteiger partial charge < -0.3 is 75.8 Å². The molecule has 3 aliphatic carbocycles. The molecule has 508 valence electrons. The SMILES string of the molecule is CC(=O)C[C@@H](CCCCN)C(=O)NC(C(=O)CC(CCCNC(N)=O)C(=O)Nc1ccc(COC(=O)N(C)CCN(C)C(=S)Oc2cc3c(c4c(C)c[nH]c24)C(CCl)CN3C(=O)C23CC(C(=O)N4CC(CCl)c5c4cc(OP(=O)(O)O)c4[nH]cc(C)c54)(C2)C3)cc1)C(C)C. The van der Waals surface area contributed by atoms with Crippen LogP contribution in [0, 0.1) is 42.4 Å². The number of aromatic amines is 2. The summed E-state index contributed by atoms with van der Waals surface area (Å²) < 4.78 is 29.3. The van der Waals surface area contributed by atoms with Gasteiger partial charge in [0.15, 0.2) is 17.3 Å². The van der Waals surface area contributed by atoms with Crippen molar-refractivity contribution in [2.75, 3.05) is 80.2 Å². The number of Topliss-reactive ketones (excluding diaryl/α,β-unsaturated/α-hetero) is 2. The Balaban J connectivity index is 0.788. The number of aryl methyl sites for hydroxylation is 2. The van der Waals surface area contributed by atoms with Crippen LogP contribution in [0.15, 0.2) is 48.8 Å². The predicted molar refractivity (Wildman–Crippen MR) is 361 cm³/mol. The van der Waals surface area contributed by atoms with Crippen LogP contribution in [-0.4, -0.2) is 153 Å². The van der Waals surface area contributed by atoms with Crippen molar-refractivity contribution >= 4 is 135 Å². The number of ketones is 2. The number of urea groups is 1. The van der Waals surface area contributed by atoms with Gasteiger partial charge in [-0.05, 0) is 130 Å². The zero-order valence-electron chi connectivity index (χ0n) is 53.9. The number of rotatable bonds is 30. The Labute approximate surface area is 560 Å². The molecule has 3 saturated carbocycles. The predicted octanol–water partition coefficient (Wildman–Crippen LogP) is 8.64. The lowest BCUT2D eigenvalue weighted by Gasteiger charge is -2.69. The number of primary amides is 1. The number of phosphoric ester groups is 1. The molecule has 2 aromatic heterocycles. The smallest absolute Gasteiger partial charge is 0.445 e. The van der Waals surface area contributed by atoms with Gasteiger partial charge in [-0.3, -0.25) is 33.8 Å². The molecule has 2 bridgehead atoms. The van der Waals surface area contributed by atoms with Gasteiger partial charge in [0, 0.05) is 136 Å². The highest BCUT2D eigenvalue weighted by molar-refractivity contribution is 7.80. The van der Waals surface area contributed by atoms with Gasteiger partial charge in [-0.1, -0.05) is 32.4 Å². The number of likely N-dealkylation sites (N-methyl/N-ethyl adjacent to an activating group) is 2. The van der Waals surface area contributed by atoms with Crippen molar-refractivity contribution in [1.82, 2.24) is 30.4 Å². The first-order valence-electron chi connectivity index (χ1n) is 31.6. The number of alkyl halides is 2. The molecule has 0 spiro atoms. The number of carbonyl (C=O) groups excluding carboxylic acids is 8. The number of hydrogen-bond donors (Lipinski definition) is 9. The molecule has 2 aliphatic heterocycles. The Bertz CT molecular complexity index is 3800. The number of H-pyrrole nitrogens is 2. The zero-order chi connectivity index (χ0) is 68.3. The third-order valence-corrected chi connectivity index (χ3v) is 20.3. The van der Waals surface area contributed by atoms with Gasteiger partial charge in [-0.15, -0.1) is 23.2 Å². The van der Waals surface area contributed by atoms with E-state index in [-0.39, 0.29) is 116 Å². The molecule has 5 aliphatic rings. The Morgan fingerprint density at radius 2 is 1.32 bits per heavy atom. The second-order valence-electron chi connectivity index (χ2n) is 26.1. The van der Waals surface area contributed by atoms with E-state index in [4.69, 9.17) is 60.9 Å². The fourth-order valence-electron chi connectivity index (χ4n) is 13.9. The van der Waals surface area contributed by atoms with Crippen LogP contribution in [0.4, 0.5) is 26.7 Å². The number of ether oxygens (including phenoxy) is 2. The lowest BCUT2D eigenvalue weighted by molar-refractivity contribution is -0.205. The Morgan fingerprint density at radius 3 is 1.84 bits per heavy atom. The molecule has 94 heavy (non-hydrogen) atoms. The monoisotopic (exact) mass is 1380 g/mol. The number of aromatic nitrogens is 2. The van der Waals surface area contributed by atoms with Crippen LogP contribution in [0.2, 0.25) is 0 Å². The van der Waals surface area contributed by atoms with Gasteiger partial charge in [0.1, 0.15) is 12.4 Å². The van der Waals surface area contributed by atoms with E-state index >= 15 is 0 Å². The summed E-state index contributed by atoms with van der Waals surface area (Å²) in [5.41, 5.74) is 15.9. The topological polar surface area (TPSA) is 354 Å². The fraction of sp³-hybridized carbons (Fsp3) is 0.523. The van der Waals surface area contributed by atoms with Gasteiger partial charge in [0.05, 0.1) is 39.3 Å². The maximum atomic E-state index is 15.0. The summed E-state index contributed by atoms with van der Waals surface area (Å²) >= 11 is 19.1. The van der Waals surface area contributed by atoms with Crippen molar-refractivity contribution in [2.45, 2.75) is 123 Å². The zero-order valence-corrected chi connectivity index (χ0v) is 57.1. The molecule has 7 amide bonds. The minimum Gasteiger partial charge on any atom is -0.445 e. The minimum absolute atomic E-state index is 0.0294. The van der Waals surface area contributed by atoms with E-state index in [1.807, 2.05) is 20.0 Å². The van der Waals surface area contributed by atoms with Crippen molar-refractivity contribution < 1.29 is 66.7 Å². The summed E-state index contributed by atoms with van der Waals surface area (Å²) in [7, 11) is -1.67. The lowest BCUT2D eigenvalue weighted by atomic mass is 9.34. The number of fused-ring (bicyclic) bond motifs is 6. The Hall–Kier alpha value is -7.32. The number of amides is 7. The number of halogens is 2. The maximum Gasteiger partial charge on any atom is 0.524 e. The van der Waals surface area contributed by atoms with E-state index in [1.165, 1.54) is 17.9 Å². The molecule has 3 aromatic carbocycles. The molecular formula is C65H84Cl2N11O14PS. The van der Waals surface area contributed by atoms with Crippen LogP contribution in [-0.2, 0) is 44.7 Å². The van der Waals surface area contributed by atoms with E-state index < -0.39 is 60.5 Å². The molecule has 25 nitrogen and oxygen atoms in total. The molecule has 4 unspecified atom stereocenters. The summed E-state index contributed by atoms with van der Waals surface area (Å²) in [6, 6.07) is 8.28. The number of phosphoric acid groups is 1. The van der Waals surface area contributed by atoms with E-state index in [2.05, 4.69) is 25.9 Å². The average molecular weight is 1380 g/mol. The van der Waals surface area contributed by atoms with Gasteiger partial charge in [0.25, 0.3) is 5.17 Å². The number of nitrogens with two attached hydrogens (primary N) is 2. The van der Waals surface area contributed by atoms with Crippen LogP contribution in [0.1, 0.15) is 125 Å². The first-order chi connectivity index (χ1) is 44.5. The van der Waals surface area contributed by atoms with Crippen molar-refractivity contribution in [3.05, 3.63) is 76.6 Å². The largest absolute Gasteiger partial charge is 0.524 e. The molecular weight excluding hydrogens is 1290 g/mol. The van der Waals surface area contributed by atoms with Crippen LogP contribution in [0.5, 0.6) is 11.5 Å². The number of carbonyl (C=O) groups is 8. The molecule has 5 atom stereocenters. The molecule has 0 saturated heterocycles. The molecule has 3 fully saturated rings. The molecule has 5 aromatic rings. The van der Waals surface area contributed by atoms with E-state index in [0.717, 1.165) is 27.6 Å². The average Bonchev–Trinajstić information content (AvgIpc) is 0.898. The molecule has 10 rings (SSSR count). The minimum atomic E-state index is -4.98. The Morgan fingerprint density at radius 1 is 0.787 bits per heavy atom. The standard InChI is InChI=1S/C65H84Cl2N11O14PS/c1-35(2)54(74-58(82)40(21-38(5)79)11-8-9-17-68)47(80)22-41(12-10-18-70-61(69)85)57(81)73-44-15-13-39(14-16-44)31-90-62(86)75(6)19-20-76(7)63(94)91-48-23-45-52(50-36(3)27-71-55(48)50)42(25-66)29-77(45)59(83)64-32-65(33-64,34-64)60(84)78-30-43(26-67)53-46(78)24-49(92-93(87,88)89)56-51(53)37(4)28-72-56/h13-16,23-24,27-28,35,40-43,54,71-72H,8-12,17-22,25-26,29-34,68H2,1-7H3,(H,73,81)(H,74,82)(H3,69,70,85)(H2,87,88,89)/t40-,41?,42?,43?,54?,64?,65?/m1/s1. The van der Waals surface area contributed by atoms with E-state index in [1.54, 1.807) is 79.2 Å². The maximum absolute atomic E-state index is 15.0. The van der Waals surface area contributed by atoms with Crippen LogP contribution >= 0.6 is 43.2 Å². The summed E-state index contributed by atoms with van der Waals surface area (Å²) in [5.74, 6) is -3.25. The van der Waals surface area contributed by atoms with Gasteiger partial charge in [-0.25, -0.2) is 14.2 Å². The summed E-state index contributed by atoms with van der Waals surface area (Å²) in [6.07, 6.45) is 6.02. The third kappa shape index (κ3) is 15.2. The Kier molecular flexibility index (Phi) is 22.2. The summed E-state index contributed by atoms with van der Waals surface area (Å²) in [4.78, 5) is 140. The quantitative estimate of drug-likeness (QED) is 0.00898. The summed E-state index contributed by atoms with van der Waals surface area (Å²) in [6.45, 7) is 10.3. The summed E-state index contributed by atoms with van der Waals surface area (Å²) in [5, 5.41) is 9.87. The van der Waals surface area contributed by atoms with Crippen molar-refractivity contribution in [3.8, 4) is 11.5 Å². The molecule has 0 radical (unpaired) electrons. The van der Waals surface area contributed by atoms with Gasteiger partial charge in [-0.2, -0.15) is 0 Å². The highest BCUT2D eigenvalue weighted by atomic mass is 35.5. The van der Waals surface area contributed by atoms with Crippen LogP contribution < -0.4 is 46.5 Å². The van der Waals surface area contributed by atoms with Gasteiger partial charge >= 0.3 is 19.9 Å². The van der Waals surface area contributed by atoms with Crippen LogP contribution in [0.3, 0.4) is 0 Å². The number of nitrogens with one attached hydrogen (secondary N) is 5. The number of unbranched alkanes of at least 4 members (excludes halogenated alkanes) is 1. The molecule has 4 heterocycles. The van der Waals surface area contributed by atoms with Crippen molar-refractivity contribution in [1.29, 1.82) is 0 Å². The molecule has 11 N–H and O–H groups in total. The first-order valence-corrected chi connectivity index (χ1v) is 34.6.